The fourth-order valence-corrected chi connectivity index (χ4v) is 9.95. The molecule has 2 aromatic rings. The van der Waals surface area contributed by atoms with Crippen molar-refractivity contribution < 1.29 is 0 Å². The summed E-state index contributed by atoms with van der Waals surface area (Å²) in [5.74, 6) is 0.383. The Morgan fingerprint density at radius 1 is 0.775 bits per heavy atom. The van der Waals surface area contributed by atoms with Crippen LogP contribution in [0.5, 0.6) is 0 Å². The molecule has 1 saturated heterocycles. The summed E-state index contributed by atoms with van der Waals surface area (Å²) in [6.07, 6.45) is 13.8. The maximum atomic E-state index is 2.74. The van der Waals surface area contributed by atoms with E-state index in [0.29, 0.717) is 5.92 Å². The highest BCUT2D eigenvalue weighted by atomic mass is 15.9. The maximum absolute atomic E-state index is 2.74. The molecule has 5 atom stereocenters. The van der Waals surface area contributed by atoms with Gasteiger partial charge in [0.25, 0.3) is 0 Å². The second-order valence-electron chi connectivity index (χ2n) is 12.4. The molecule has 0 spiro atoms. The number of hydrazine groups is 2. The third-order valence-corrected chi connectivity index (χ3v) is 11.7. The molecule has 3 heteroatoms. The molecule has 1 fully saturated rings. The minimum Gasteiger partial charge on any atom is -0.290 e. The highest BCUT2D eigenvalue weighted by Crippen LogP contribution is 2.75. The van der Waals surface area contributed by atoms with E-state index in [4.69, 9.17) is 0 Å². The van der Waals surface area contributed by atoms with Crippen LogP contribution in [0.25, 0.3) is 0 Å². The molecule has 3 nitrogen and oxygen atoms in total. The van der Waals surface area contributed by atoms with Gasteiger partial charge in [-0.25, -0.2) is 0 Å². The highest BCUT2D eigenvalue weighted by molar-refractivity contribution is 5.61. The first-order chi connectivity index (χ1) is 19.3. The summed E-state index contributed by atoms with van der Waals surface area (Å²) in [4.78, 5) is 0. The predicted octanol–water partition coefficient (Wildman–Crippen LogP) is 9.32. The average molecular weight is 538 g/mol. The lowest BCUT2D eigenvalue weighted by atomic mass is 9.34. The van der Waals surface area contributed by atoms with Crippen molar-refractivity contribution >= 4 is 5.69 Å². The second-order valence-corrected chi connectivity index (χ2v) is 12.4. The third-order valence-electron chi connectivity index (χ3n) is 11.7. The van der Waals surface area contributed by atoms with Crippen LogP contribution in [0.15, 0.2) is 96.2 Å². The zero-order valence-corrected chi connectivity index (χ0v) is 26.2. The van der Waals surface area contributed by atoms with E-state index in [1.165, 1.54) is 16.9 Å². The van der Waals surface area contributed by atoms with Crippen LogP contribution in [0, 0.1) is 16.7 Å². The lowest BCUT2D eigenvalue weighted by Gasteiger charge is -2.71. The summed E-state index contributed by atoms with van der Waals surface area (Å²) in [6.45, 7) is 21.7. The molecular weight excluding hydrogens is 486 g/mol. The quantitative estimate of drug-likeness (QED) is 0.332. The van der Waals surface area contributed by atoms with Gasteiger partial charge in [0.2, 0.25) is 0 Å². The van der Waals surface area contributed by atoms with E-state index in [1.54, 1.807) is 5.57 Å². The Bertz CT molecular complexity index is 1280. The van der Waals surface area contributed by atoms with Crippen molar-refractivity contribution in [3.63, 3.8) is 0 Å². The number of anilines is 1. The maximum Gasteiger partial charge on any atom is 0.106 e. The van der Waals surface area contributed by atoms with Gasteiger partial charge >= 0.3 is 0 Å². The van der Waals surface area contributed by atoms with Crippen molar-refractivity contribution in [2.75, 3.05) is 18.1 Å². The zero-order valence-electron chi connectivity index (χ0n) is 26.2. The molecule has 2 aromatic carbocycles. The second kappa shape index (κ2) is 10.6. The van der Waals surface area contributed by atoms with E-state index >= 15 is 0 Å². The van der Waals surface area contributed by atoms with Crippen molar-refractivity contribution in [1.29, 1.82) is 0 Å². The van der Waals surface area contributed by atoms with Gasteiger partial charge in [0.05, 0.1) is 11.4 Å². The first-order valence-corrected chi connectivity index (χ1v) is 15.8. The van der Waals surface area contributed by atoms with Gasteiger partial charge in [-0.05, 0) is 75.6 Å². The molecule has 214 valence electrons. The lowest BCUT2D eigenvalue weighted by molar-refractivity contribution is -0.0809. The Morgan fingerprint density at radius 2 is 1.43 bits per heavy atom. The van der Waals surface area contributed by atoms with Crippen LogP contribution in [0.3, 0.4) is 0 Å². The number of allylic oxidation sites excluding steroid dienone is 5. The summed E-state index contributed by atoms with van der Waals surface area (Å²) in [7, 11) is 0. The topological polar surface area (TPSA) is 9.72 Å². The summed E-state index contributed by atoms with van der Waals surface area (Å²) >= 11 is 0. The number of rotatable bonds is 8. The van der Waals surface area contributed by atoms with Gasteiger partial charge in [0.15, 0.2) is 0 Å². The number of benzene rings is 2. The van der Waals surface area contributed by atoms with Gasteiger partial charge in [0, 0.05) is 29.3 Å². The zero-order chi connectivity index (χ0) is 28.8. The van der Waals surface area contributed by atoms with Crippen LogP contribution in [0.2, 0.25) is 0 Å². The van der Waals surface area contributed by atoms with Crippen LogP contribution in [0.1, 0.15) is 86.6 Å². The molecule has 0 saturated carbocycles. The van der Waals surface area contributed by atoms with E-state index < -0.39 is 0 Å². The normalized spacial score (nSPS) is 34.0. The molecule has 0 amide bonds. The SMILES string of the molecule is CCN1C2=C(C)C(C)(CC)C(CC)(c3ccccc3)C(C)(C3C=CC=CC3)C2(CC)N(c2ccccc2)N1CC. The number of nitrogens with zero attached hydrogens (tertiary/aromatic N) is 3. The van der Waals surface area contributed by atoms with Crippen molar-refractivity contribution in [2.24, 2.45) is 16.7 Å². The molecule has 0 bridgehead atoms. The third kappa shape index (κ3) is 3.33. The number of likely N-dealkylation sites (N-methyl/N-ethyl adjacent to an activating group) is 1. The molecule has 5 unspecified atom stereocenters. The molecular formula is C37H51N3. The largest absolute Gasteiger partial charge is 0.290 e. The van der Waals surface area contributed by atoms with Gasteiger partial charge in [-0.15, -0.1) is 5.12 Å². The van der Waals surface area contributed by atoms with Gasteiger partial charge < -0.3 is 0 Å². The summed E-state index contributed by atoms with van der Waals surface area (Å²) in [5.41, 5.74) is 5.37. The van der Waals surface area contributed by atoms with E-state index in [2.05, 4.69) is 155 Å². The molecule has 1 heterocycles. The molecule has 0 radical (unpaired) electrons. The highest BCUT2D eigenvalue weighted by Gasteiger charge is 2.76. The summed E-state index contributed by atoms with van der Waals surface area (Å²) < 4.78 is 0. The Hall–Kier alpha value is -2.78. The number of para-hydroxylation sites is 1. The van der Waals surface area contributed by atoms with Crippen LogP contribution in [0.4, 0.5) is 5.69 Å². The van der Waals surface area contributed by atoms with E-state index in [9.17, 15) is 0 Å². The minimum atomic E-state index is -0.245. The van der Waals surface area contributed by atoms with Crippen LogP contribution < -0.4 is 5.01 Å². The van der Waals surface area contributed by atoms with Gasteiger partial charge in [-0.2, -0.15) is 0 Å². The number of fused-ring (bicyclic) bond motifs is 1. The van der Waals surface area contributed by atoms with E-state index in [0.717, 1.165) is 38.8 Å². The minimum absolute atomic E-state index is 0.0274. The molecule has 0 aromatic heterocycles. The molecule has 1 aliphatic heterocycles. The molecule has 2 aliphatic carbocycles. The fourth-order valence-electron chi connectivity index (χ4n) is 9.95. The number of hydrogen-bond donors (Lipinski definition) is 0. The molecule has 5 rings (SSSR count). The van der Waals surface area contributed by atoms with Gasteiger partial charge in [-0.1, -0.05) is 107 Å². The monoisotopic (exact) mass is 537 g/mol. The fraction of sp³-hybridized carbons (Fsp3) is 0.514. The van der Waals surface area contributed by atoms with Crippen molar-refractivity contribution in [3.05, 3.63) is 102 Å². The summed E-state index contributed by atoms with van der Waals surface area (Å²) in [5, 5.41) is 7.96. The molecule has 40 heavy (non-hydrogen) atoms. The Labute approximate surface area is 244 Å². The average Bonchev–Trinajstić information content (AvgIpc) is 3.32. The Balaban J connectivity index is 2.03. The Morgan fingerprint density at radius 3 is 1.93 bits per heavy atom. The van der Waals surface area contributed by atoms with Crippen molar-refractivity contribution in [3.8, 4) is 0 Å². The van der Waals surface area contributed by atoms with Crippen LogP contribution in [-0.2, 0) is 5.41 Å². The molecule has 3 aliphatic rings. The number of hydrogen-bond acceptors (Lipinski definition) is 3. The first kappa shape index (κ1) is 28.7. The van der Waals surface area contributed by atoms with E-state index in [1.807, 2.05) is 0 Å². The van der Waals surface area contributed by atoms with E-state index in [-0.39, 0.29) is 21.8 Å². The lowest BCUT2D eigenvalue weighted by Crippen LogP contribution is -2.74. The molecule has 0 N–H and O–H groups in total. The summed E-state index contributed by atoms with van der Waals surface area (Å²) in [6, 6.07) is 22.8. The van der Waals surface area contributed by atoms with Crippen LogP contribution in [-0.4, -0.2) is 28.8 Å². The van der Waals surface area contributed by atoms with Gasteiger partial charge in [-0.3, -0.25) is 10.0 Å². The smallest absolute Gasteiger partial charge is 0.106 e. The van der Waals surface area contributed by atoms with Crippen molar-refractivity contribution in [2.45, 2.75) is 92.0 Å². The predicted molar refractivity (Wildman–Crippen MR) is 171 cm³/mol. The standard InChI is InChI=1S/C37H51N3/c1-9-34(7)29(6)33-37(11-3,40(32-27-21-16-22-28-32)39(13-5)38(33)12-4)35(8,30-23-17-14-18-24-30)36(34,10-2)31-25-19-15-20-26-31/h14-23,25-28,30H,9-13,24H2,1-8H3. The Kier molecular flexibility index (Phi) is 7.59. The van der Waals surface area contributed by atoms with Gasteiger partial charge in [0.1, 0.15) is 5.54 Å². The van der Waals surface area contributed by atoms with Crippen molar-refractivity contribution in [1.82, 2.24) is 10.1 Å². The van der Waals surface area contributed by atoms with Crippen LogP contribution >= 0.6 is 0 Å². The first-order valence-electron chi connectivity index (χ1n) is 15.8.